The Balaban J connectivity index is 2.06. The monoisotopic (exact) mass is 279 g/mol. The van der Waals surface area contributed by atoms with Crippen molar-refractivity contribution in [3.63, 3.8) is 0 Å². The van der Waals surface area contributed by atoms with Gasteiger partial charge in [0.2, 0.25) is 0 Å². The molecule has 1 amide bonds. The number of rotatable bonds is 2. The van der Waals surface area contributed by atoms with Crippen molar-refractivity contribution in [2.75, 3.05) is 31.2 Å². The summed E-state index contributed by atoms with van der Waals surface area (Å²) in [4.78, 5) is 18.6. The van der Waals surface area contributed by atoms with Crippen LogP contribution in [0.5, 0.6) is 0 Å². The minimum atomic E-state index is 0.0912. The molecule has 5 heteroatoms. The Hall–Kier alpha value is -1.23. The first-order valence-electron chi connectivity index (χ1n) is 6.59. The molecule has 2 heterocycles. The fourth-order valence-corrected chi connectivity index (χ4v) is 3.17. The van der Waals surface area contributed by atoms with Crippen LogP contribution < -0.4 is 5.32 Å². The van der Waals surface area contributed by atoms with Crippen LogP contribution in [-0.4, -0.2) is 46.4 Å². The number of amides is 1. The average molecular weight is 279 g/mol. The van der Waals surface area contributed by atoms with Crippen LogP contribution in [0.25, 0.3) is 0 Å². The molecule has 1 N–H and O–H groups in total. The quantitative estimate of drug-likeness (QED) is 0.903. The van der Waals surface area contributed by atoms with Gasteiger partial charge in [-0.2, -0.15) is 11.8 Å². The Morgan fingerprint density at radius 2 is 2.21 bits per heavy atom. The lowest BCUT2D eigenvalue weighted by molar-refractivity contribution is 0.0764. The van der Waals surface area contributed by atoms with Crippen LogP contribution in [0.2, 0.25) is 0 Å². The molecule has 1 saturated heterocycles. The van der Waals surface area contributed by atoms with E-state index in [4.69, 9.17) is 0 Å². The Bertz CT molecular complexity index is 445. The third-order valence-corrected chi connectivity index (χ3v) is 4.76. The predicted molar refractivity (Wildman–Crippen MR) is 80.8 cm³/mol. The molecule has 1 aromatic heterocycles. The number of carbonyl (C=O) groups excluding carboxylic acids is 1. The summed E-state index contributed by atoms with van der Waals surface area (Å²) in [5.41, 5.74) is 0.670. The highest BCUT2D eigenvalue weighted by molar-refractivity contribution is 8.00. The number of hydrogen-bond acceptors (Lipinski definition) is 4. The third kappa shape index (κ3) is 3.62. The maximum absolute atomic E-state index is 12.4. The lowest BCUT2D eigenvalue weighted by atomic mass is 10.1. The van der Waals surface area contributed by atoms with Crippen LogP contribution in [0.1, 0.15) is 30.6 Å². The highest BCUT2D eigenvalue weighted by Gasteiger charge is 2.26. The van der Waals surface area contributed by atoms with E-state index in [9.17, 15) is 4.79 Å². The van der Waals surface area contributed by atoms with Gasteiger partial charge in [-0.15, -0.1) is 0 Å². The van der Waals surface area contributed by atoms with Crippen molar-refractivity contribution in [1.29, 1.82) is 0 Å². The SMILES string of the molecule is CNc1ccc(C(=O)N2CCSC(C)(C)CC2)cn1. The van der Waals surface area contributed by atoms with Gasteiger partial charge in [0.25, 0.3) is 5.91 Å². The van der Waals surface area contributed by atoms with Crippen LogP contribution in [0.3, 0.4) is 0 Å². The van der Waals surface area contributed by atoms with E-state index >= 15 is 0 Å². The summed E-state index contributed by atoms with van der Waals surface area (Å²) in [6.45, 7) is 6.14. The zero-order chi connectivity index (χ0) is 13.9. The summed E-state index contributed by atoms with van der Waals surface area (Å²) >= 11 is 1.94. The molecule has 1 aliphatic heterocycles. The summed E-state index contributed by atoms with van der Waals surface area (Å²) in [6, 6.07) is 3.67. The molecule has 0 radical (unpaired) electrons. The van der Waals surface area contributed by atoms with E-state index in [1.54, 1.807) is 6.20 Å². The van der Waals surface area contributed by atoms with Gasteiger partial charge < -0.3 is 10.2 Å². The number of aromatic nitrogens is 1. The number of carbonyl (C=O) groups is 1. The second-order valence-corrected chi connectivity index (χ2v) is 7.13. The molecular weight excluding hydrogens is 258 g/mol. The summed E-state index contributed by atoms with van der Waals surface area (Å²) in [5.74, 6) is 1.87. The van der Waals surface area contributed by atoms with Gasteiger partial charge in [-0.1, -0.05) is 13.8 Å². The van der Waals surface area contributed by atoms with Gasteiger partial charge in [0, 0.05) is 36.8 Å². The molecule has 0 atom stereocenters. The zero-order valence-corrected chi connectivity index (χ0v) is 12.6. The lowest BCUT2D eigenvalue weighted by Crippen LogP contribution is -2.33. The molecule has 1 aliphatic rings. The first-order valence-corrected chi connectivity index (χ1v) is 7.57. The first kappa shape index (κ1) is 14.2. The molecule has 0 bridgehead atoms. The molecule has 0 saturated carbocycles. The van der Waals surface area contributed by atoms with Gasteiger partial charge >= 0.3 is 0 Å². The molecule has 2 rings (SSSR count). The van der Waals surface area contributed by atoms with Crippen LogP contribution in [0.15, 0.2) is 18.3 Å². The smallest absolute Gasteiger partial charge is 0.255 e. The molecule has 19 heavy (non-hydrogen) atoms. The number of hydrogen-bond donors (Lipinski definition) is 1. The summed E-state index contributed by atoms with van der Waals surface area (Å²) < 4.78 is 0.267. The Morgan fingerprint density at radius 1 is 1.42 bits per heavy atom. The largest absolute Gasteiger partial charge is 0.373 e. The second-order valence-electron chi connectivity index (χ2n) is 5.33. The predicted octanol–water partition coefficient (Wildman–Crippen LogP) is 2.48. The normalized spacial score (nSPS) is 18.8. The lowest BCUT2D eigenvalue weighted by Gasteiger charge is -2.22. The fourth-order valence-electron chi connectivity index (χ4n) is 2.07. The van der Waals surface area contributed by atoms with Gasteiger partial charge in [0.05, 0.1) is 5.56 Å². The standard InChI is InChI=1S/C14H21N3OS/c1-14(2)6-7-17(8-9-19-14)13(18)11-4-5-12(15-3)16-10-11/h4-5,10H,6-9H2,1-3H3,(H,15,16). The molecule has 1 fully saturated rings. The molecule has 0 unspecified atom stereocenters. The van der Waals surface area contributed by atoms with Crippen molar-refractivity contribution >= 4 is 23.5 Å². The Kier molecular flexibility index (Phi) is 4.34. The van der Waals surface area contributed by atoms with E-state index in [0.717, 1.165) is 31.1 Å². The van der Waals surface area contributed by atoms with Gasteiger partial charge in [-0.05, 0) is 18.6 Å². The van der Waals surface area contributed by atoms with Gasteiger partial charge in [0.15, 0.2) is 0 Å². The van der Waals surface area contributed by atoms with Crippen LogP contribution in [0.4, 0.5) is 5.82 Å². The van der Waals surface area contributed by atoms with Crippen molar-refractivity contribution in [2.24, 2.45) is 0 Å². The number of anilines is 1. The molecule has 4 nitrogen and oxygen atoms in total. The van der Waals surface area contributed by atoms with Gasteiger partial charge in [-0.25, -0.2) is 4.98 Å². The summed E-state index contributed by atoms with van der Waals surface area (Å²) in [5, 5.41) is 2.95. The molecular formula is C14H21N3OS. The van der Waals surface area contributed by atoms with Crippen LogP contribution in [-0.2, 0) is 0 Å². The molecule has 1 aromatic rings. The van der Waals surface area contributed by atoms with Crippen LogP contribution >= 0.6 is 11.8 Å². The zero-order valence-electron chi connectivity index (χ0n) is 11.8. The maximum atomic E-state index is 12.4. The van der Waals surface area contributed by atoms with Crippen molar-refractivity contribution in [2.45, 2.75) is 25.0 Å². The van der Waals surface area contributed by atoms with Crippen molar-refractivity contribution in [1.82, 2.24) is 9.88 Å². The molecule has 0 aromatic carbocycles. The molecule has 0 spiro atoms. The first-order chi connectivity index (χ1) is 9.02. The second kappa shape index (κ2) is 5.82. The Labute approximate surface area is 119 Å². The van der Waals surface area contributed by atoms with E-state index < -0.39 is 0 Å². The van der Waals surface area contributed by atoms with E-state index in [0.29, 0.717) is 5.56 Å². The third-order valence-electron chi connectivity index (χ3n) is 3.39. The number of nitrogens with zero attached hydrogens (tertiary/aromatic N) is 2. The van der Waals surface area contributed by atoms with Gasteiger partial charge in [0.1, 0.15) is 5.82 Å². The highest BCUT2D eigenvalue weighted by atomic mass is 32.2. The minimum absolute atomic E-state index is 0.0912. The maximum Gasteiger partial charge on any atom is 0.255 e. The number of pyridine rings is 1. The fraction of sp³-hybridized carbons (Fsp3) is 0.571. The summed E-state index contributed by atoms with van der Waals surface area (Å²) in [7, 11) is 1.82. The topological polar surface area (TPSA) is 45.2 Å². The van der Waals surface area contributed by atoms with E-state index in [2.05, 4.69) is 24.1 Å². The number of thioether (sulfide) groups is 1. The number of nitrogens with one attached hydrogen (secondary N) is 1. The Morgan fingerprint density at radius 3 is 2.84 bits per heavy atom. The minimum Gasteiger partial charge on any atom is -0.373 e. The van der Waals surface area contributed by atoms with E-state index in [1.807, 2.05) is 35.8 Å². The van der Waals surface area contributed by atoms with Crippen molar-refractivity contribution < 1.29 is 4.79 Å². The van der Waals surface area contributed by atoms with E-state index in [1.165, 1.54) is 0 Å². The summed E-state index contributed by atoms with van der Waals surface area (Å²) in [6.07, 6.45) is 2.68. The van der Waals surface area contributed by atoms with Crippen LogP contribution in [0, 0.1) is 0 Å². The average Bonchev–Trinajstić information content (AvgIpc) is 2.59. The van der Waals surface area contributed by atoms with Crippen molar-refractivity contribution in [3.05, 3.63) is 23.9 Å². The van der Waals surface area contributed by atoms with Gasteiger partial charge in [-0.3, -0.25) is 4.79 Å². The van der Waals surface area contributed by atoms with E-state index in [-0.39, 0.29) is 10.7 Å². The highest BCUT2D eigenvalue weighted by Crippen LogP contribution is 2.31. The van der Waals surface area contributed by atoms with Crippen molar-refractivity contribution in [3.8, 4) is 0 Å². The molecule has 104 valence electrons. The molecule has 0 aliphatic carbocycles.